The molecule has 0 aliphatic carbocycles. The van der Waals surface area contributed by atoms with Gasteiger partial charge in [-0.3, -0.25) is 10.3 Å². The fourth-order valence-corrected chi connectivity index (χ4v) is 2.12. The quantitative estimate of drug-likeness (QED) is 0.416. The van der Waals surface area contributed by atoms with Crippen molar-refractivity contribution in [1.82, 2.24) is 4.90 Å². The molecule has 2 heterocycles. The minimum absolute atomic E-state index is 0.214. The summed E-state index contributed by atoms with van der Waals surface area (Å²) in [5, 5.41) is 6.72. The Hall–Kier alpha value is -0.540. The first kappa shape index (κ1) is 9.03. The summed E-state index contributed by atoms with van der Waals surface area (Å²) < 4.78 is 4.96. The van der Waals surface area contributed by atoms with Crippen molar-refractivity contribution in [3.8, 4) is 0 Å². The third-order valence-corrected chi connectivity index (χ3v) is 2.70. The highest BCUT2D eigenvalue weighted by atomic mass is 35.5. The molecule has 0 amide bonds. The lowest BCUT2D eigenvalue weighted by molar-refractivity contribution is 0.295. The van der Waals surface area contributed by atoms with Crippen molar-refractivity contribution in [2.75, 3.05) is 26.2 Å². The molecule has 2 aliphatic heterocycles. The lowest BCUT2D eigenvalue weighted by Gasteiger charge is -2.22. The molecule has 0 aromatic carbocycles. The van der Waals surface area contributed by atoms with Crippen molar-refractivity contribution >= 4 is 17.0 Å². The van der Waals surface area contributed by atoms with Crippen LogP contribution in [-0.4, -0.2) is 36.5 Å². The van der Waals surface area contributed by atoms with Gasteiger partial charge in [0, 0.05) is 13.1 Å². The van der Waals surface area contributed by atoms with Gasteiger partial charge in [0.05, 0.1) is 0 Å². The highest BCUT2D eigenvalue weighted by Gasteiger charge is 2.26. The zero-order valence-electron chi connectivity index (χ0n) is 7.42. The van der Waals surface area contributed by atoms with E-state index in [-0.39, 0.29) is 5.36 Å². The van der Waals surface area contributed by atoms with Gasteiger partial charge in [-0.05, 0) is 36.1 Å². The highest BCUT2D eigenvalue weighted by Crippen LogP contribution is 2.25. The van der Waals surface area contributed by atoms with E-state index in [0.29, 0.717) is 12.5 Å². The number of fused-ring (bicyclic) bond motifs is 2. The standard InChI is InChI=1S/C9H13ClN2O/c10-9(11)13-6-8-3-7-1-2-12(4-7)5-8/h3,7,11H,1-2,4-6H2. The van der Waals surface area contributed by atoms with Crippen LogP contribution in [0.25, 0.3) is 0 Å². The summed E-state index contributed by atoms with van der Waals surface area (Å²) in [6.07, 6.45) is 3.55. The van der Waals surface area contributed by atoms with Gasteiger partial charge >= 0.3 is 0 Å². The molecule has 2 bridgehead atoms. The zero-order valence-corrected chi connectivity index (χ0v) is 8.18. The molecular formula is C9H13ClN2O. The molecular weight excluding hydrogens is 188 g/mol. The van der Waals surface area contributed by atoms with Crippen molar-refractivity contribution in [3.05, 3.63) is 11.6 Å². The lowest BCUT2D eigenvalue weighted by atomic mass is 10.0. The SMILES string of the molecule is N=C(Cl)OCC1=CC2CCN(C1)C2. The summed E-state index contributed by atoms with van der Waals surface area (Å²) in [6, 6.07) is 0. The number of nitrogens with zero attached hydrogens (tertiary/aromatic N) is 1. The minimum atomic E-state index is -0.214. The first-order chi connectivity index (χ1) is 6.24. The second-order valence-electron chi connectivity index (χ2n) is 3.67. The number of rotatable bonds is 2. The molecule has 2 unspecified atom stereocenters. The van der Waals surface area contributed by atoms with E-state index in [9.17, 15) is 0 Å². The van der Waals surface area contributed by atoms with Crippen LogP contribution >= 0.6 is 11.6 Å². The molecule has 1 fully saturated rings. The Kier molecular flexibility index (Phi) is 2.56. The average Bonchev–Trinajstić information content (AvgIpc) is 2.42. The van der Waals surface area contributed by atoms with Gasteiger partial charge < -0.3 is 4.74 Å². The summed E-state index contributed by atoms with van der Waals surface area (Å²) in [5.41, 5.74) is 1.26. The molecule has 2 rings (SSSR count). The minimum Gasteiger partial charge on any atom is -0.465 e. The van der Waals surface area contributed by atoms with Crippen LogP contribution in [0.5, 0.6) is 0 Å². The Morgan fingerprint density at radius 2 is 2.62 bits per heavy atom. The normalized spacial score (nSPS) is 31.3. The van der Waals surface area contributed by atoms with Crippen LogP contribution in [0.1, 0.15) is 6.42 Å². The van der Waals surface area contributed by atoms with Crippen molar-refractivity contribution in [1.29, 1.82) is 5.41 Å². The fraction of sp³-hybridized carbons (Fsp3) is 0.667. The summed E-state index contributed by atoms with van der Waals surface area (Å²) in [5.74, 6) is 0.705. The van der Waals surface area contributed by atoms with Gasteiger partial charge in [0.1, 0.15) is 6.61 Å². The molecule has 1 saturated heterocycles. The summed E-state index contributed by atoms with van der Waals surface area (Å²) in [6.45, 7) is 3.86. The predicted octanol–water partition coefficient (Wildman–Crippen LogP) is 1.44. The van der Waals surface area contributed by atoms with Crippen LogP contribution in [-0.2, 0) is 4.74 Å². The Morgan fingerprint density at radius 3 is 3.31 bits per heavy atom. The van der Waals surface area contributed by atoms with Crippen molar-refractivity contribution in [2.24, 2.45) is 5.92 Å². The van der Waals surface area contributed by atoms with Gasteiger partial charge in [-0.1, -0.05) is 6.08 Å². The molecule has 3 nitrogen and oxygen atoms in total. The Balaban J connectivity index is 1.89. The van der Waals surface area contributed by atoms with Crippen LogP contribution < -0.4 is 0 Å². The molecule has 0 radical (unpaired) electrons. The second-order valence-corrected chi connectivity index (χ2v) is 4.01. The highest BCUT2D eigenvalue weighted by molar-refractivity contribution is 6.61. The van der Waals surface area contributed by atoms with Crippen molar-refractivity contribution in [3.63, 3.8) is 0 Å². The topological polar surface area (TPSA) is 36.3 Å². The van der Waals surface area contributed by atoms with E-state index in [2.05, 4.69) is 11.0 Å². The molecule has 2 atom stereocenters. The van der Waals surface area contributed by atoms with E-state index < -0.39 is 0 Å². The van der Waals surface area contributed by atoms with E-state index in [4.69, 9.17) is 21.7 Å². The smallest absolute Gasteiger partial charge is 0.279 e. The van der Waals surface area contributed by atoms with Crippen LogP contribution in [0.4, 0.5) is 0 Å². The van der Waals surface area contributed by atoms with E-state index in [1.807, 2.05) is 0 Å². The van der Waals surface area contributed by atoms with Gasteiger partial charge in [-0.2, -0.15) is 0 Å². The Labute approximate surface area is 82.8 Å². The largest absolute Gasteiger partial charge is 0.465 e. The predicted molar refractivity (Wildman–Crippen MR) is 52.2 cm³/mol. The summed E-state index contributed by atoms with van der Waals surface area (Å²) in [7, 11) is 0. The third kappa shape index (κ3) is 2.23. The average molecular weight is 201 g/mol. The number of nitrogens with one attached hydrogen (secondary N) is 1. The van der Waals surface area contributed by atoms with E-state index in [1.165, 1.54) is 25.1 Å². The van der Waals surface area contributed by atoms with Crippen LogP contribution in [0.3, 0.4) is 0 Å². The molecule has 1 N–H and O–H groups in total. The fourth-order valence-electron chi connectivity index (χ4n) is 2.07. The number of halogens is 1. The van der Waals surface area contributed by atoms with Gasteiger partial charge in [0.2, 0.25) is 0 Å². The first-order valence-corrected chi connectivity index (χ1v) is 4.90. The number of hydrogen-bond acceptors (Lipinski definition) is 3. The molecule has 13 heavy (non-hydrogen) atoms. The van der Waals surface area contributed by atoms with E-state index >= 15 is 0 Å². The molecule has 2 aliphatic rings. The number of ether oxygens (including phenoxy) is 1. The second kappa shape index (κ2) is 3.68. The molecule has 72 valence electrons. The maximum Gasteiger partial charge on any atom is 0.279 e. The molecule has 0 spiro atoms. The van der Waals surface area contributed by atoms with Crippen molar-refractivity contribution < 1.29 is 4.74 Å². The summed E-state index contributed by atoms with van der Waals surface area (Å²) in [4.78, 5) is 2.42. The molecule has 0 aromatic heterocycles. The third-order valence-electron chi connectivity index (χ3n) is 2.59. The maximum atomic E-state index is 6.93. The molecule has 0 saturated carbocycles. The zero-order chi connectivity index (χ0) is 9.26. The summed E-state index contributed by atoms with van der Waals surface area (Å²) >= 11 is 5.31. The maximum absolute atomic E-state index is 6.93. The first-order valence-electron chi connectivity index (χ1n) is 4.53. The molecule has 4 heteroatoms. The lowest BCUT2D eigenvalue weighted by Crippen LogP contribution is -2.28. The van der Waals surface area contributed by atoms with Gasteiger partial charge in [0.25, 0.3) is 5.36 Å². The van der Waals surface area contributed by atoms with E-state index in [1.54, 1.807) is 0 Å². The Morgan fingerprint density at radius 1 is 1.77 bits per heavy atom. The molecule has 0 aromatic rings. The number of hydrogen-bond donors (Lipinski definition) is 1. The van der Waals surface area contributed by atoms with Gasteiger partial charge in [0.15, 0.2) is 0 Å². The van der Waals surface area contributed by atoms with Gasteiger partial charge in [-0.15, -0.1) is 0 Å². The van der Waals surface area contributed by atoms with Crippen molar-refractivity contribution in [2.45, 2.75) is 6.42 Å². The monoisotopic (exact) mass is 200 g/mol. The Bertz CT molecular complexity index is 252. The van der Waals surface area contributed by atoms with Crippen LogP contribution in [0.15, 0.2) is 11.6 Å². The van der Waals surface area contributed by atoms with Gasteiger partial charge in [-0.25, -0.2) is 0 Å². The van der Waals surface area contributed by atoms with Crippen LogP contribution in [0.2, 0.25) is 0 Å². The van der Waals surface area contributed by atoms with Crippen LogP contribution in [0, 0.1) is 11.3 Å². The van der Waals surface area contributed by atoms with E-state index in [0.717, 1.165) is 6.54 Å².